The molecule has 1 amide bonds. The van der Waals surface area contributed by atoms with Crippen molar-refractivity contribution in [2.24, 2.45) is 0 Å². The van der Waals surface area contributed by atoms with Crippen molar-refractivity contribution in [3.63, 3.8) is 0 Å². The van der Waals surface area contributed by atoms with Crippen LogP contribution in [0.5, 0.6) is 5.75 Å². The van der Waals surface area contributed by atoms with Gasteiger partial charge < -0.3 is 10.1 Å². The molecule has 0 aliphatic carbocycles. The summed E-state index contributed by atoms with van der Waals surface area (Å²) >= 11 is 3.38. The summed E-state index contributed by atoms with van der Waals surface area (Å²) in [6.45, 7) is 4.76. The second-order valence-corrected chi connectivity index (χ2v) is 5.17. The fraction of sp³-hybridized carbons (Fsp3) is 0.500. The Morgan fingerprint density at radius 3 is 2.58 bits per heavy atom. The number of nitrogens with one attached hydrogen (secondary N) is 1. The fourth-order valence-electron chi connectivity index (χ4n) is 1.69. The molecule has 1 rings (SSSR count). The molecular formula is C14H21BrN2O2. The van der Waals surface area contributed by atoms with Crippen molar-refractivity contribution >= 4 is 21.8 Å². The summed E-state index contributed by atoms with van der Waals surface area (Å²) in [7, 11) is 1.66. The number of rotatable bonds is 8. The van der Waals surface area contributed by atoms with Crippen LogP contribution in [0.2, 0.25) is 0 Å². The molecule has 0 atom stereocenters. The van der Waals surface area contributed by atoms with Crippen LogP contribution in [0, 0.1) is 0 Å². The second kappa shape index (κ2) is 8.93. The average Bonchev–Trinajstić information content (AvgIpc) is 2.41. The average molecular weight is 329 g/mol. The molecule has 0 heterocycles. The van der Waals surface area contributed by atoms with Crippen LogP contribution in [-0.4, -0.2) is 44.1 Å². The molecule has 19 heavy (non-hydrogen) atoms. The van der Waals surface area contributed by atoms with E-state index < -0.39 is 0 Å². The summed E-state index contributed by atoms with van der Waals surface area (Å²) in [4.78, 5) is 13.5. The largest absolute Gasteiger partial charge is 0.492 e. The number of carbonyl (C=O) groups is 1. The maximum atomic E-state index is 11.4. The Labute approximate surface area is 123 Å². The second-order valence-electron chi connectivity index (χ2n) is 4.25. The van der Waals surface area contributed by atoms with Gasteiger partial charge in [-0.3, -0.25) is 9.69 Å². The SMILES string of the molecule is CCCN(CCOc1ccc(Br)cc1)CC(=O)NC. The molecule has 0 fully saturated rings. The first-order valence-corrected chi connectivity index (χ1v) is 7.26. The van der Waals surface area contributed by atoms with Crippen LogP contribution >= 0.6 is 15.9 Å². The summed E-state index contributed by atoms with van der Waals surface area (Å²) in [6.07, 6.45) is 1.02. The molecular weight excluding hydrogens is 308 g/mol. The van der Waals surface area contributed by atoms with Gasteiger partial charge >= 0.3 is 0 Å². The highest BCUT2D eigenvalue weighted by Gasteiger charge is 2.08. The number of ether oxygens (including phenoxy) is 1. The van der Waals surface area contributed by atoms with Crippen molar-refractivity contribution in [1.82, 2.24) is 10.2 Å². The number of hydrogen-bond donors (Lipinski definition) is 1. The number of hydrogen-bond acceptors (Lipinski definition) is 3. The molecule has 1 aromatic rings. The number of benzene rings is 1. The number of nitrogens with zero attached hydrogens (tertiary/aromatic N) is 1. The Morgan fingerprint density at radius 2 is 2.00 bits per heavy atom. The van der Waals surface area contributed by atoms with Gasteiger partial charge in [-0.05, 0) is 37.2 Å². The lowest BCUT2D eigenvalue weighted by atomic mass is 10.3. The zero-order valence-electron chi connectivity index (χ0n) is 11.5. The zero-order chi connectivity index (χ0) is 14.1. The molecule has 5 heteroatoms. The molecule has 0 aromatic heterocycles. The molecule has 0 aliphatic rings. The van der Waals surface area contributed by atoms with Crippen LogP contribution in [0.25, 0.3) is 0 Å². The Hall–Kier alpha value is -1.07. The highest BCUT2D eigenvalue weighted by Crippen LogP contribution is 2.15. The van der Waals surface area contributed by atoms with E-state index in [1.165, 1.54) is 0 Å². The third-order valence-electron chi connectivity index (χ3n) is 2.68. The van der Waals surface area contributed by atoms with Crippen molar-refractivity contribution < 1.29 is 9.53 Å². The van der Waals surface area contributed by atoms with Gasteiger partial charge in [0.05, 0.1) is 6.54 Å². The lowest BCUT2D eigenvalue weighted by molar-refractivity contribution is -0.121. The highest BCUT2D eigenvalue weighted by molar-refractivity contribution is 9.10. The summed E-state index contributed by atoms with van der Waals surface area (Å²) in [5, 5.41) is 2.64. The molecule has 4 nitrogen and oxygen atoms in total. The molecule has 0 radical (unpaired) electrons. The number of halogens is 1. The first-order valence-electron chi connectivity index (χ1n) is 6.47. The minimum Gasteiger partial charge on any atom is -0.492 e. The van der Waals surface area contributed by atoms with E-state index in [2.05, 4.69) is 33.1 Å². The van der Waals surface area contributed by atoms with Gasteiger partial charge in [0.1, 0.15) is 12.4 Å². The molecule has 1 aromatic carbocycles. The molecule has 0 bridgehead atoms. The molecule has 0 spiro atoms. The van der Waals surface area contributed by atoms with Crippen molar-refractivity contribution in [1.29, 1.82) is 0 Å². The van der Waals surface area contributed by atoms with Crippen LogP contribution in [0.15, 0.2) is 28.7 Å². The quantitative estimate of drug-likeness (QED) is 0.796. The van der Waals surface area contributed by atoms with Crippen molar-refractivity contribution in [3.8, 4) is 5.75 Å². The Balaban J connectivity index is 2.34. The smallest absolute Gasteiger partial charge is 0.233 e. The minimum atomic E-state index is 0.0390. The van der Waals surface area contributed by atoms with E-state index in [1.54, 1.807) is 7.05 Å². The van der Waals surface area contributed by atoms with Gasteiger partial charge in [0, 0.05) is 18.1 Å². The van der Waals surface area contributed by atoms with Crippen LogP contribution in [0.1, 0.15) is 13.3 Å². The first kappa shape index (κ1) is 16.0. The third kappa shape index (κ3) is 6.59. The number of amides is 1. The normalized spacial score (nSPS) is 10.5. The van der Waals surface area contributed by atoms with Crippen LogP contribution in [0.3, 0.4) is 0 Å². The highest BCUT2D eigenvalue weighted by atomic mass is 79.9. The minimum absolute atomic E-state index is 0.0390. The van der Waals surface area contributed by atoms with Crippen molar-refractivity contribution in [2.75, 3.05) is 33.3 Å². The molecule has 0 unspecified atom stereocenters. The van der Waals surface area contributed by atoms with E-state index in [4.69, 9.17) is 4.74 Å². The Bertz CT molecular complexity index is 382. The van der Waals surface area contributed by atoms with E-state index in [0.717, 1.165) is 29.7 Å². The van der Waals surface area contributed by atoms with Crippen molar-refractivity contribution in [3.05, 3.63) is 28.7 Å². The van der Waals surface area contributed by atoms with E-state index >= 15 is 0 Å². The van der Waals surface area contributed by atoms with Gasteiger partial charge in [0.2, 0.25) is 5.91 Å². The van der Waals surface area contributed by atoms with Gasteiger partial charge in [-0.1, -0.05) is 22.9 Å². The Kier molecular flexibility index (Phi) is 7.52. The topological polar surface area (TPSA) is 41.6 Å². The van der Waals surface area contributed by atoms with Gasteiger partial charge in [0.15, 0.2) is 0 Å². The lowest BCUT2D eigenvalue weighted by Crippen LogP contribution is -2.38. The maximum Gasteiger partial charge on any atom is 0.233 e. The summed E-state index contributed by atoms with van der Waals surface area (Å²) in [5.41, 5.74) is 0. The molecule has 106 valence electrons. The van der Waals surface area contributed by atoms with E-state index in [9.17, 15) is 4.79 Å². The van der Waals surface area contributed by atoms with Gasteiger partial charge in [-0.15, -0.1) is 0 Å². The van der Waals surface area contributed by atoms with Crippen LogP contribution in [-0.2, 0) is 4.79 Å². The molecule has 0 saturated carbocycles. The monoisotopic (exact) mass is 328 g/mol. The summed E-state index contributed by atoms with van der Waals surface area (Å²) in [5.74, 6) is 0.886. The van der Waals surface area contributed by atoms with Crippen LogP contribution < -0.4 is 10.1 Å². The molecule has 0 aliphatic heterocycles. The standard InChI is InChI=1S/C14H21BrN2O2/c1-3-8-17(11-14(18)16-2)9-10-19-13-6-4-12(15)5-7-13/h4-7H,3,8-11H2,1-2H3,(H,16,18). The fourth-order valence-corrected chi connectivity index (χ4v) is 1.96. The predicted octanol–water partition coefficient (Wildman–Crippen LogP) is 2.29. The van der Waals surface area contributed by atoms with Gasteiger partial charge in [0.25, 0.3) is 0 Å². The third-order valence-corrected chi connectivity index (χ3v) is 3.20. The maximum absolute atomic E-state index is 11.4. The van der Waals surface area contributed by atoms with E-state index in [0.29, 0.717) is 13.2 Å². The van der Waals surface area contributed by atoms with E-state index in [1.807, 2.05) is 24.3 Å². The predicted molar refractivity (Wildman–Crippen MR) is 80.4 cm³/mol. The van der Waals surface area contributed by atoms with Gasteiger partial charge in [-0.2, -0.15) is 0 Å². The Morgan fingerprint density at radius 1 is 1.32 bits per heavy atom. The van der Waals surface area contributed by atoms with E-state index in [-0.39, 0.29) is 5.91 Å². The van der Waals surface area contributed by atoms with Crippen LogP contribution in [0.4, 0.5) is 0 Å². The molecule has 1 N–H and O–H groups in total. The number of likely N-dealkylation sites (N-methyl/N-ethyl adjacent to an activating group) is 1. The zero-order valence-corrected chi connectivity index (χ0v) is 13.1. The molecule has 0 saturated heterocycles. The number of carbonyl (C=O) groups excluding carboxylic acids is 1. The first-order chi connectivity index (χ1) is 9.15. The van der Waals surface area contributed by atoms with Gasteiger partial charge in [-0.25, -0.2) is 0 Å². The van der Waals surface area contributed by atoms with Crippen molar-refractivity contribution in [2.45, 2.75) is 13.3 Å². The summed E-state index contributed by atoms with van der Waals surface area (Å²) in [6, 6.07) is 7.74. The lowest BCUT2D eigenvalue weighted by Gasteiger charge is -2.20. The summed E-state index contributed by atoms with van der Waals surface area (Å²) < 4.78 is 6.69.